The van der Waals surface area contributed by atoms with Crippen LogP contribution in [0, 0.1) is 11.3 Å². The molecule has 5 atom stereocenters. The predicted molar refractivity (Wildman–Crippen MR) is 121 cm³/mol. The van der Waals surface area contributed by atoms with Crippen molar-refractivity contribution in [1.29, 1.82) is 0 Å². The van der Waals surface area contributed by atoms with Crippen molar-refractivity contribution in [2.75, 3.05) is 13.7 Å². The smallest absolute Gasteiger partial charge is 0.335 e. The summed E-state index contributed by atoms with van der Waals surface area (Å²) in [6.45, 7) is 12.9. The molecule has 5 heteroatoms. The molecular weight excluding hydrogens is 392 g/mol. The van der Waals surface area contributed by atoms with Gasteiger partial charge in [0.15, 0.2) is 5.79 Å². The second-order valence-electron chi connectivity index (χ2n) is 10.1. The van der Waals surface area contributed by atoms with Crippen LogP contribution < -0.4 is 0 Å². The maximum Gasteiger partial charge on any atom is 0.335 e. The lowest BCUT2D eigenvalue weighted by atomic mass is 9.58. The number of carbonyl (C=O) groups is 1. The standard InChI is InChI=1S/C26H38O5/c1-18(2)9-8-12-24(5)13-10-20-17-30-22-16-25(6,28-7)31-26(20,22)21(24)11-14-29-23(27)15-19(3)4/h9-11,14-15,21-22H,8,12-13,16-17H2,1-7H3/b14-11+/t21-,22+,24+,25-,26-/m1/s1. The molecule has 2 aliphatic heterocycles. The van der Waals surface area contributed by atoms with E-state index in [0.29, 0.717) is 13.0 Å². The van der Waals surface area contributed by atoms with E-state index >= 15 is 0 Å². The van der Waals surface area contributed by atoms with Gasteiger partial charge >= 0.3 is 5.97 Å². The molecule has 0 bridgehead atoms. The molecule has 0 aromatic heterocycles. The van der Waals surface area contributed by atoms with Crippen LogP contribution in [-0.2, 0) is 23.7 Å². The van der Waals surface area contributed by atoms with Crippen molar-refractivity contribution in [3.63, 3.8) is 0 Å². The summed E-state index contributed by atoms with van der Waals surface area (Å²) < 4.78 is 24.1. The quantitative estimate of drug-likeness (QED) is 0.227. The molecule has 1 spiro atoms. The minimum absolute atomic E-state index is 0.00506. The summed E-state index contributed by atoms with van der Waals surface area (Å²) in [4.78, 5) is 12.1. The average molecular weight is 431 g/mol. The lowest BCUT2D eigenvalue weighted by Gasteiger charge is -2.49. The van der Waals surface area contributed by atoms with E-state index in [1.807, 2.05) is 26.8 Å². The van der Waals surface area contributed by atoms with Crippen molar-refractivity contribution in [1.82, 2.24) is 0 Å². The highest BCUT2D eigenvalue weighted by atomic mass is 16.7. The van der Waals surface area contributed by atoms with Gasteiger partial charge in [0.05, 0.1) is 19.0 Å². The SMILES string of the molecule is CO[C@@]1(C)C[C@@H]2OCC3=CC[C@](C)(CCC=C(C)C)[C@@H](/C=C/OC(=O)C=C(C)C)[C@]32O1. The number of ether oxygens (including phenoxy) is 4. The van der Waals surface area contributed by atoms with Crippen LogP contribution in [0.5, 0.6) is 0 Å². The molecule has 0 amide bonds. The number of hydrogen-bond acceptors (Lipinski definition) is 5. The first-order valence-corrected chi connectivity index (χ1v) is 11.3. The Labute approximate surface area is 187 Å². The van der Waals surface area contributed by atoms with Gasteiger partial charge in [-0.1, -0.05) is 30.2 Å². The molecule has 5 nitrogen and oxygen atoms in total. The van der Waals surface area contributed by atoms with E-state index in [2.05, 4.69) is 32.9 Å². The van der Waals surface area contributed by atoms with Crippen LogP contribution in [0.3, 0.4) is 0 Å². The second kappa shape index (κ2) is 9.05. The van der Waals surface area contributed by atoms with Gasteiger partial charge in [0.25, 0.3) is 0 Å². The summed E-state index contributed by atoms with van der Waals surface area (Å²) in [6, 6.07) is 0. The highest BCUT2D eigenvalue weighted by molar-refractivity contribution is 5.83. The van der Waals surface area contributed by atoms with Crippen LogP contribution in [0.15, 0.2) is 47.3 Å². The van der Waals surface area contributed by atoms with Gasteiger partial charge in [0.1, 0.15) is 5.60 Å². The van der Waals surface area contributed by atoms with Crippen LogP contribution >= 0.6 is 0 Å². The molecule has 0 N–H and O–H groups in total. The van der Waals surface area contributed by atoms with Gasteiger partial charge in [-0.15, -0.1) is 0 Å². The largest absolute Gasteiger partial charge is 0.432 e. The Kier molecular flexibility index (Phi) is 6.99. The fraction of sp³-hybridized carbons (Fsp3) is 0.654. The molecule has 1 aliphatic carbocycles. The third kappa shape index (κ3) is 4.74. The Morgan fingerprint density at radius 1 is 1.23 bits per heavy atom. The molecular formula is C26H38O5. The van der Waals surface area contributed by atoms with Crippen LogP contribution in [0.2, 0.25) is 0 Å². The normalized spacial score (nSPS) is 36.5. The van der Waals surface area contributed by atoms with Gasteiger partial charge in [0, 0.05) is 25.5 Å². The van der Waals surface area contributed by atoms with Crippen molar-refractivity contribution in [3.05, 3.63) is 47.3 Å². The van der Waals surface area contributed by atoms with Crippen LogP contribution in [-0.4, -0.2) is 37.2 Å². The first-order valence-electron chi connectivity index (χ1n) is 11.3. The van der Waals surface area contributed by atoms with Crippen LogP contribution in [0.1, 0.15) is 67.2 Å². The fourth-order valence-corrected chi connectivity index (χ4v) is 5.30. The molecule has 31 heavy (non-hydrogen) atoms. The van der Waals surface area contributed by atoms with Gasteiger partial charge < -0.3 is 18.9 Å². The lowest BCUT2D eigenvalue weighted by Crippen LogP contribution is -2.53. The molecule has 3 aliphatic rings. The number of hydrogen-bond donors (Lipinski definition) is 0. The third-order valence-electron chi connectivity index (χ3n) is 6.95. The summed E-state index contributed by atoms with van der Waals surface area (Å²) in [5.74, 6) is -1.07. The van der Waals surface area contributed by atoms with E-state index in [-0.39, 0.29) is 23.4 Å². The van der Waals surface area contributed by atoms with Crippen molar-refractivity contribution >= 4 is 5.97 Å². The minimum Gasteiger partial charge on any atom is -0.432 e. The summed E-state index contributed by atoms with van der Waals surface area (Å²) in [7, 11) is 1.68. The molecule has 0 aromatic carbocycles. The minimum atomic E-state index is -0.701. The van der Waals surface area contributed by atoms with Crippen molar-refractivity contribution in [2.45, 2.75) is 84.7 Å². The third-order valence-corrected chi connectivity index (χ3v) is 6.95. The van der Waals surface area contributed by atoms with Gasteiger partial charge in [-0.2, -0.15) is 0 Å². The molecule has 172 valence electrons. The Hall–Kier alpha value is -1.69. The Morgan fingerprint density at radius 3 is 2.61 bits per heavy atom. The molecule has 2 fully saturated rings. The van der Waals surface area contributed by atoms with Crippen molar-refractivity contribution in [3.8, 4) is 0 Å². The Morgan fingerprint density at radius 2 is 1.97 bits per heavy atom. The molecule has 0 saturated carbocycles. The first kappa shape index (κ1) is 24.0. The highest BCUT2D eigenvalue weighted by Crippen LogP contribution is 2.61. The maximum absolute atomic E-state index is 12.1. The number of carbonyl (C=O) groups excluding carboxylic acids is 1. The average Bonchev–Trinajstić information content (AvgIpc) is 3.14. The first-order chi connectivity index (χ1) is 14.5. The van der Waals surface area contributed by atoms with Crippen molar-refractivity contribution < 1.29 is 23.7 Å². The van der Waals surface area contributed by atoms with Gasteiger partial charge in [-0.3, -0.25) is 0 Å². The maximum atomic E-state index is 12.1. The van der Waals surface area contributed by atoms with E-state index in [9.17, 15) is 4.79 Å². The summed E-state index contributed by atoms with van der Waals surface area (Å²) in [5.41, 5.74) is 2.75. The zero-order valence-electron chi connectivity index (χ0n) is 20.1. The van der Waals surface area contributed by atoms with Gasteiger partial charge in [-0.05, 0) is 70.9 Å². The Bertz CT molecular complexity index is 814. The van der Waals surface area contributed by atoms with Gasteiger partial charge in [-0.25, -0.2) is 4.79 Å². The number of esters is 1. The molecule has 0 unspecified atom stereocenters. The number of methoxy groups -OCH3 is 1. The zero-order valence-corrected chi connectivity index (χ0v) is 20.1. The van der Waals surface area contributed by atoms with E-state index in [4.69, 9.17) is 18.9 Å². The van der Waals surface area contributed by atoms with E-state index in [1.54, 1.807) is 13.4 Å². The van der Waals surface area contributed by atoms with Crippen molar-refractivity contribution in [2.24, 2.45) is 11.3 Å². The summed E-state index contributed by atoms with van der Waals surface area (Å²) >= 11 is 0. The van der Waals surface area contributed by atoms with Gasteiger partial charge in [0.2, 0.25) is 0 Å². The Balaban J connectivity index is 1.97. The molecule has 0 radical (unpaired) electrons. The second-order valence-corrected chi connectivity index (χ2v) is 10.1. The number of allylic oxidation sites excluding steroid dienone is 4. The van der Waals surface area contributed by atoms with Crippen LogP contribution in [0.4, 0.5) is 0 Å². The topological polar surface area (TPSA) is 54.0 Å². The molecule has 2 heterocycles. The fourth-order valence-electron chi connectivity index (χ4n) is 5.30. The summed E-state index contributed by atoms with van der Waals surface area (Å²) in [5, 5.41) is 0. The zero-order chi connectivity index (χ0) is 22.9. The summed E-state index contributed by atoms with van der Waals surface area (Å²) in [6.07, 6.45) is 13.2. The molecule has 3 rings (SSSR count). The lowest BCUT2D eigenvalue weighted by molar-refractivity contribution is -0.236. The highest BCUT2D eigenvalue weighted by Gasteiger charge is 2.67. The molecule has 2 saturated heterocycles. The monoisotopic (exact) mass is 430 g/mol. The molecule has 0 aromatic rings. The van der Waals surface area contributed by atoms with E-state index in [0.717, 1.165) is 24.8 Å². The van der Waals surface area contributed by atoms with E-state index in [1.165, 1.54) is 17.2 Å². The van der Waals surface area contributed by atoms with Crippen LogP contribution in [0.25, 0.3) is 0 Å². The predicted octanol–water partition coefficient (Wildman–Crippen LogP) is 5.63. The van der Waals surface area contributed by atoms with E-state index < -0.39 is 11.4 Å². The number of rotatable bonds is 7.